The Labute approximate surface area is 815 Å². The molecule has 19 rings (SSSR count). The summed E-state index contributed by atoms with van der Waals surface area (Å²) in [5.74, 6) is -0.855. The van der Waals surface area contributed by atoms with Gasteiger partial charge >= 0.3 is 23.9 Å². The number of hydrogen-bond acceptors (Lipinski definition) is 24. The fourth-order valence-electron chi connectivity index (χ4n) is 17.3. The number of sulfonamides is 1. The predicted octanol–water partition coefficient (Wildman–Crippen LogP) is 19.1. The third-order valence-corrected chi connectivity index (χ3v) is 28.2. The summed E-state index contributed by atoms with van der Waals surface area (Å²) in [6.45, 7) is 16.4. The standard InChI is InChI=1S/C28H25NO8S.C28H23NO7.C27H29NO6S.C25H22O6S/c1-16-4-9-26(25(10-16)35-3)38(33,34)14-22(30)27(17-6-8-23-24(12-17)37-15-36-23)20-13-29(2)21-11-18(28(31)32)5-7-19(20)21;1-2-17-12-23-24(36-15-35-23)13-19(17)14-29-22-9-4-3-8-20(22)26(30)21(25(29)28(33)34)11-16-6-5-7-18(10-16)27(31)32;1-4-7-20-8-5-6-9-23(20)34-26(21-12-15-24-25(16-21)33-17-32-24)27(29)28-35(30,31)22-13-10-19(11-14-22)18(2)3;1-13(2)30-16-6-8-18-17(11-16)22(21-9-4-14(3)32-21)23(25(26)27)24(31-18)15-5-7-19-20(10-15)29-12-28-19/h4-13,27H,14-15H2,1-3H3,(H,31,32);3-10,12-13H,2,11,14-15H2,1H3,(H,31,32)(H,33,34);5-6,8-16,18,26H,4,7,17H2,1-3H3,(H,28,29);4-11,13,24H,12H2,1-3H3,(H,26,27)/t27-;;;/m0.../s1. The number of carboxylic acid groups (broad SMARTS) is 4. The molecule has 0 saturated carbocycles. The summed E-state index contributed by atoms with van der Waals surface area (Å²) >= 11 is 1.55. The predicted molar refractivity (Wildman–Crippen MR) is 525 cm³/mol. The number of carboxylic acids is 4. The average molecular weight is 1970 g/mol. The first-order chi connectivity index (χ1) is 67.6. The zero-order valence-corrected chi connectivity index (χ0v) is 80.7. The quantitative estimate of drug-likeness (QED) is 0.0291. The number of aryl methyl sites for hydroxylation is 5. The van der Waals surface area contributed by atoms with E-state index in [1.54, 1.807) is 155 Å². The summed E-state index contributed by atoms with van der Waals surface area (Å²) in [5.41, 5.74) is 9.74. The molecule has 1 amide bonds. The highest BCUT2D eigenvalue weighted by molar-refractivity contribution is 7.92. The highest BCUT2D eigenvalue weighted by Gasteiger charge is 2.40. The number of aromatic nitrogens is 2. The Hall–Kier alpha value is -15.9. The van der Waals surface area contributed by atoms with Crippen molar-refractivity contribution >= 4 is 94.1 Å². The van der Waals surface area contributed by atoms with Gasteiger partial charge in [-0.15, -0.1) is 11.3 Å². The number of ether oxygens (including phenoxy) is 12. The summed E-state index contributed by atoms with van der Waals surface area (Å²) in [6, 6.07) is 65.0. The van der Waals surface area contributed by atoms with Gasteiger partial charge < -0.3 is 86.4 Å². The number of methoxy groups -OCH3 is 1. The van der Waals surface area contributed by atoms with Crippen LogP contribution in [0.3, 0.4) is 0 Å². The number of ketones is 1. The van der Waals surface area contributed by atoms with E-state index in [2.05, 4.69) is 11.6 Å². The number of carbonyl (C=O) groups excluding carboxylic acids is 2. The number of aliphatic carboxylic acids is 1. The third kappa shape index (κ3) is 21.4. The van der Waals surface area contributed by atoms with Gasteiger partial charge in [0.1, 0.15) is 39.3 Å². The van der Waals surface area contributed by atoms with Crippen LogP contribution in [0.25, 0.3) is 27.4 Å². The highest BCUT2D eigenvalue weighted by Crippen LogP contribution is 2.50. The normalized spacial score (nSPS) is 13.9. The summed E-state index contributed by atoms with van der Waals surface area (Å²) in [6.07, 6.45) is 2.01. The number of thiophene rings is 1. The van der Waals surface area contributed by atoms with Crippen LogP contribution in [-0.2, 0) is 67.1 Å². The topological polar surface area (TPSA) is 401 Å². The number of hydrogen-bond donors (Lipinski definition) is 5. The maximum atomic E-state index is 13.9. The zero-order chi connectivity index (χ0) is 100.0. The molecule has 30 nitrogen and oxygen atoms in total. The zero-order valence-electron chi connectivity index (χ0n) is 78.3. The minimum atomic E-state index is -4.11. The molecule has 2 unspecified atom stereocenters. The van der Waals surface area contributed by atoms with E-state index < -0.39 is 79.3 Å². The lowest BCUT2D eigenvalue weighted by atomic mass is 9.87. The molecule has 0 spiro atoms. The second-order valence-corrected chi connectivity index (χ2v) is 39.3. The van der Waals surface area contributed by atoms with Gasteiger partial charge in [-0.05, 0) is 237 Å². The summed E-state index contributed by atoms with van der Waals surface area (Å²) in [4.78, 5) is 91.0. The Morgan fingerprint density at radius 1 is 0.539 bits per heavy atom. The second kappa shape index (κ2) is 41.8. The monoisotopic (exact) mass is 1970 g/mol. The van der Waals surface area contributed by atoms with Gasteiger partial charge in [-0.1, -0.05) is 119 Å². The molecule has 0 fully saturated rings. The third-order valence-electron chi connectivity index (χ3n) is 24.1. The summed E-state index contributed by atoms with van der Waals surface area (Å²) in [7, 11) is -5.06. The van der Waals surface area contributed by atoms with Crippen LogP contribution in [0.5, 0.6) is 69.0 Å². The number of aromatic carboxylic acids is 3. The van der Waals surface area contributed by atoms with Gasteiger partial charge in [-0.3, -0.25) is 14.4 Å². The van der Waals surface area contributed by atoms with Gasteiger partial charge in [0.2, 0.25) is 33.3 Å². The lowest BCUT2D eigenvalue weighted by molar-refractivity contribution is -0.133. The molecule has 3 aromatic heterocycles. The van der Waals surface area contributed by atoms with Crippen molar-refractivity contribution in [1.82, 2.24) is 13.9 Å². The van der Waals surface area contributed by atoms with Crippen LogP contribution in [0, 0.1) is 13.8 Å². The van der Waals surface area contributed by atoms with E-state index >= 15 is 0 Å². The largest absolute Gasteiger partial charge is 0.495 e. The van der Waals surface area contributed by atoms with E-state index in [1.807, 2.05) is 115 Å². The smallest absolute Gasteiger partial charge is 0.352 e. The Balaban J connectivity index is 0.000000136. The van der Waals surface area contributed by atoms with Crippen molar-refractivity contribution in [2.75, 3.05) is 40.0 Å². The molecule has 5 N–H and O–H groups in total. The van der Waals surface area contributed by atoms with Crippen molar-refractivity contribution in [2.24, 2.45) is 7.05 Å². The second-order valence-electron chi connectivity index (χ2n) is 34.3. The molecule has 0 aliphatic carbocycles. The van der Waals surface area contributed by atoms with E-state index in [-0.39, 0.29) is 101 Å². The van der Waals surface area contributed by atoms with E-state index in [9.17, 15) is 70.8 Å². The van der Waals surface area contributed by atoms with Gasteiger partial charge in [0.15, 0.2) is 73.1 Å². The molecule has 5 aliphatic rings. The van der Waals surface area contributed by atoms with Gasteiger partial charge in [0, 0.05) is 80.1 Å². The van der Waals surface area contributed by atoms with E-state index in [4.69, 9.17) is 56.8 Å². The number of nitrogens with one attached hydrogen (secondary N) is 1. The highest BCUT2D eigenvalue weighted by atomic mass is 32.2. The molecular formula is C108H99N3O27S3. The SMILES string of the molecule is CCCc1ccccc1OC(C(=O)NS(=O)(=O)c1ccc(C(C)C)cc1)c1ccc2c(c1)OCO2.CCc1cc2c(cc1Cn1c(C(=O)O)c(Cc3cccc(C(=O)O)c3)c(=O)c3ccccc31)OCO2.COc1cc(C)ccc1S(=O)(=O)CC(=O)[C@@H](c1ccc2c(c1)OCO2)c1cn(C)c2cc(C(=O)O)ccc12.Cc1ccc(C2=C(C(=O)O)C(c3ccc4c(c3)OCO4)Oc3ccc(OC(C)C)cc32)s1. The van der Waals surface area contributed by atoms with Crippen LogP contribution in [0.2, 0.25) is 0 Å². The Bertz CT molecular complexity index is 7600. The molecule has 5 aliphatic heterocycles. The molecule has 141 heavy (non-hydrogen) atoms. The average Bonchev–Trinajstić information content (AvgIpc) is 1.13. The summed E-state index contributed by atoms with van der Waals surface area (Å²) in [5, 5.41) is 40.5. The minimum Gasteiger partial charge on any atom is -0.495 e. The van der Waals surface area contributed by atoms with Crippen molar-refractivity contribution in [2.45, 2.75) is 128 Å². The maximum absolute atomic E-state index is 13.9. The van der Waals surface area contributed by atoms with Crippen molar-refractivity contribution in [1.29, 1.82) is 0 Å². The summed E-state index contributed by atoms with van der Waals surface area (Å²) < 4.78 is 126. The number of carbonyl (C=O) groups is 6. The number of rotatable bonds is 29. The Morgan fingerprint density at radius 3 is 1.78 bits per heavy atom. The van der Waals surface area contributed by atoms with E-state index in [1.165, 1.54) is 49.6 Å². The molecular weight excluding hydrogens is 1870 g/mol. The van der Waals surface area contributed by atoms with Gasteiger partial charge in [0.25, 0.3) is 15.9 Å². The molecule has 33 heteroatoms. The number of fused-ring (bicyclic) bond motifs is 7. The molecule has 0 radical (unpaired) electrons. The number of pyridine rings is 1. The van der Waals surface area contributed by atoms with Gasteiger partial charge in [-0.2, -0.15) is 0 Å². The van der Waals surface area contributed by atoms with Crippen molar-refractivity contribution in [3.05, 3.63) is 346 Å². The molecule has 726 valence electrons. The van der Waals surface area contributed by atoms with E-state index in [0.29, 0.717) is 130 Å². The fraction of sp³-hybridized carbons (Fsp3) is 0.231. The van der Waals surface area contributed by atoms with Crippen LogP contribution in [0.4, 0.5) is 0 Å². The molecule has 3 atom stereocenters. The number of sulfone groups is 1. The molecule has 8 heterocycles. The molecule has 11 aromatic carbocycles. The lowest BCUT2D eigenvalue weighted by Gasteiger charge is -2.30. The first-order valence-electron chi connectivity index (χ1n) is 45.1. The van der Waals surface area contributed by atoms with Crippen LogP contribution in [-0.4, -0.2) is 128 Å². The van der Waals surface area contributed by atoms with E-state index in [0.717, 1.165) is 50.4 Å². The van der Waals surface area contributed by atoms with Crippen molar-refractivity contribution in [3.63, 3.8) is 0 Å². The maximum Gasteiger partial charge on any atom is 0.352 e. The fourth-order valence-corrected chi connectivity index (χ4v) is 20.7. The first-order valence-corrected chi connectivity index (χ1v) is 49.1. The minimum absolute atomic E-state index is 0.00528. The number of para-hydroxylation sites is 2. The van der Waals surface area contributed by atoms with Gasteiger partial charge in [0.05, 0.1) is 46.2 Å². The Kier molecular flexibility index (Phi) is 29.1. The molecule has 0 bridgehead atoms. The number of Topliss-reactive ketones (excluding diaryl/α,β-unsaturated/α-hetero) is 1. The number of amides is 1. The Morgan fingerprint density at radius 2 is 1.15 bits per heavy atom. The van der Waals surface area contributed by atoms with Crippen LogP contribution in [0.15, 0.2) is 257 Å². The molecule has 0 saturated heterocycles. The lowest BCUT2D eigenvalue weighted by Crippen LogP contribution is -2.37. The van der Waals surface area contributed by atoms with Gasteiger partial charge in [-0.25, -0.2) is 40.7 Å². The van der Waals surface area contributed by atoms with Crippen molar-refractivity contribution < 1.29 is 123 Å². The number of benzene rings is 11. The number of nitrogens with zero attached hydrogens (tertiary/aromatic N) is 2. The van der Waals surface area contributed by atoms with Crippen molar-refractivity contribution in [3.8, 4) is 69.0 Å². The van der Waals surface area contributed by atoms with Crippen LogP contribution >= 0.6 is 11.3 Å². The first kappa shape index (κ1) is 98.2. The van der Waals surface area contributed by atoms with Crippen LogP contribution in [0.1, 0.15) is 180 Å². The molecule has 14 aromatic rings. The van der Waals surface area contributed by atoms with Crippen LogP contribution < -0.4 is 67.0 Å².